The number of hydrogen-bond donors (Lipinski definition) is 2. The number of para-hydroxylation sites is 1. The molecule has 0 saturated carbocycles. The number of anilines is 1. The molecule has 0 aliphatic carbocycles. The molecule has 1 unspecified atom stereocenters. The molecule has 0 amide bonds. The number of H-pyrrole nitrogens is 1. The van der Waals surface area contributed by atoms with E-state index in [4.69, 9.17) is 9.47 Å². The second-order valence-electron chi connectivity index (χ2n) is 6.63. The fourth-order valence-corrected chi connectivity index (χ4v) is 3.62. The standard InChI is InChI=1S/C23H23N3O2/c1-15-22(18-6-4-5-7-19(18)25-15)23(16-10-12-24-13-11-16)26-20-9-8-17(27-2)14-21(20)28-3/h4-14,23,25-26H,1-3H3. The second-order valence-corrected chi connectivity index (χ2v) is 6.63. The van der Waals surface area contributed by atoms with Gasteiger partial charge >= 0.3 is 0 Å². The predicted molar refractivity (Wildman–Crippen MR) is 112 cm³/mol. The van der Waals surface area contributed by atoms with Crippen LogP contribution in [0.2, 0.25) is 0 Å². The smallest absolute Gasteiger partial charge is 0.145 e. The summed E-state index contributed by atoms with van der Waals surface area (Å²) in [5, 5.41) is 4.87. The number of nitrogens with zero attached hydrogens (tertiary/aromatic N) is 1. The van der Waals surface area contributed by atoms with Crippen molar-refractivity contribution in [1.82, 2.24) is 9.97 Å². The van der Waals surface area contributed by atoms with Gasteiger partial charge in [0.15, 0.2) is 0 Å². The van der Waals surface area contributed by atoms with Crippen molar-refractivity contribution in [3.8, 4) is 11.5 Å². The molecule has 2 N–H and O–H groups in total. The van der Waals surface area contributed by atoms with Crippen molar-refractivity contribution in [3.05, 3.63) is 83.8 Å². The molecular formula is C23H23N3O2. The minimum atomic E-state index is -0.0681. The normalized spacial score (nSPS) is 12.0. The van der Waals surface area contributed by atoms with Gasteiger partial charge in [-0.15, -0.1) is 0 Å². The van der Waals surface area contributed by atoms with Crippen molar-refractivity contribution in [2.45, 2.75) is 13.0 Å². The van der Waals surface area contributed by atoms with Crippen LogP contribution in [0.15, 0.2) is 67.0 Å². The zero-order valence-electron chi connectivity index (χ0n) is 16.2. The molecule has 28 heavy (non-hydrogen) atoms. The fraction of sp³-hybridized carbons (Fsp3) is 0.174. The molecule has 5 heteroatoms. The van der Waals surface area contributed by atoms with E-state index >= 15 is 0 Å². The summed E-state index contributed by atoms with van der Waals surface area (Å²) in [6, 6.07) is 18.2. The number of rotatable bonds is 6. The average Bonchev–Trinajstić information content (AvgIpc) is 3.08. The highest BCUT2D eigenvalue weighted by Crippen LogP contribution is 2.37. The van der Waals surface area contributed by atoms with E-state index in [2.05, 4.69) is 40.4 Å². The number of aromatic amines is 1. The van der Waals surface area contributed by atoms with Crippen LogP contribution in [-0.2, 0) is 0 Å². The van der Waals surface area contributed by atoms with Gasteiger partial charge in [-0.05, 0) is 42.8 Å². The van der Waals surface area contributed by atoms with Gasteiger partial charge in [-0.2, -0.15) is 0 Å². The maximum Gasteiger partial charge on any atom is 0.145 e. The van der Waals surface area contributed by atoms with Crippen LogP contribution in [0.4, 0.5) is 5.69 Å². The third-order valence-corrected chi connectivity index (χ3v) is 4.98. The molecule has 4 aromatic rings. The van der Waals surface area contributed by atoms with Crippen molar-refractivity contribution in [1.29, 1.82) is 0 Å². The Morgan fingerprint density at radius 3 is 2.50 bits per heavy atom. The minimum Gasteiger partial charge on any atom is -0.497 e. The molecule has 0 bridgehead atoms. The van der Waals surface area contributed by atoms with Gasteiger partial charge in [0.05, 0.1) is 25.9 Å². The summed E-state index contributed by atoms with van der Waals surface area (Å²) in [5.74, 6) is 1.49. The lowest BCUT2D eigenvalue weighted by molar-refractivity contribution is 0.395. The van der Waals surface area contributed by atoms with E-state index in [1.54, 1.807) is 14.2 Å². The molecule has 0 radical (unpaired) electrons. The molecule has 1 atom stereocenters. The number of benzene rings is 2. The highest BCUT2D eigenvalue weighted by molar-refractivity contribution is 5.86. The molecule has 2 heterocycles. The quantitative estimate of drug-likeness (QED) is 0.494. The number of nitrogens with one attached hydrogen (secondary N) is 2. The monoisotopic (exact) mass is 373 g/mol. The Hall–Kier alpha value is -3.47. The van der Waals surface area contributed by atoms with Gasteiger partial charge in [-0.3, -0.25) is 4.98 Å². The largest absolute Gasteiger partial charge is 0.497 e. The van der Waals surface area contributed by atoms with Crippen molar-refractivity contribution < 1.29 is 9.47 Å². The van der Waals surface area contributed by atoms with Gasteiger partial charge in [0, 0.05) is 40.6 Å². The summed E-state index contributed by atoms with van der Waals surface area (Å²) >= 11 is 0. The second kappa shape index (κ2) is 7.64. The third-order valence-electron chi connectivity index (χ3n) is 4.98. The molecule has 2 aromatic heterocycles. The SMILES string of the molecule is COc1ccc(NC(c2ccncc2)c2c(C)[nH]c3ccccc23)c(OC)c1. The summed E-state index contributed by atoms with van der Waals surface area (Å²) in [6.45, 7) is 2.11. The molecule has 0 fully saturated rings. The van der Waals surface area contributed by atoms with Gasteiger partial charge in [0.25, 0.3) is 0 Å². The Labute approximate surface area is 164 Å². The van der Waals surface area contributed by atoms with Crippen LogP contribution in [0.1, 0.15) is 22.9 Å². The van der Waals surface area contributed by atoms with Crippen molar-refractivity contribution >= 4 is 16.6 Å². The molecule has 4 rings (SSSR count). The van der Waals surface area contributed by atoms with Crippen LogP contribution in [-0.4, -0.2) is 24.2 Å². The lowest BCUT2D eigenvalue weighted by atomic mass is 9.96. The maximum absolute atomic E-state index is 5.60. The summed E-state index contributed by atoms with van der Waals surface area (Å²) in [7, 11) is 3.31. The van der Waals surface area contributed by atoms with E-state index in [0.717, 1.165) is 34.0 Å². The van der Waals surface area contributed by atoms with Crippen molar-refractivity contribution in [2.75, 3.05) is 19.5 Å². The zero-order chi connectivity index (χ0) is 19.5. The summed E-state index contributed by atoms with van der Waals surface area (Å²) in [6.07, 6.45) is 3.64. The number of aromatic nitrogens is 2. The van der Waals surface area contributed by atoms with Crippen molar-refractivity contribution in [3.63, 3.8) is 0 Å². The van der Waals surface area contributed by atoms with Gasteiger partial charge in [0.1, 0.15) is 11.5 Å². The zero-order valence-corrected chi connectivity index (χ0v) is 16.2. The van der Waals surface area contributed by atoms with Gasteiger partial charge in [0.2, 0.25) is 0 Å². The first-order chi connectivity index (χ1) is 13.7. The molecule has 2 aromatic carbocycles. The molecule has 0 spiro atoms. The predicted octanol–water partition coefficient (Wildman–Crippen LogP) is 5.09. The van der Waals surface area contributed by atoms with Crippen LogP contribution in [0.3, 0.4) is 0 Å². The highest BCUT2D eigenvalue weighted by Gasteiger charge is 2.22. The first kappa shape index (κ1) is 17.9. The Balaban J connectivity index is 1.85. The molecule has 0 aliphatic rings. The third kappa shape index (κ3) is 3.27. The molecule has 0 saturated heterocycles. The van der Waals surface area contributed by atoms with Crippen LogP contribution in [0.25, 0.3) is 10.9 Å². The molecule has 142 valence electrons. The summed E-state index contributed by atoms with van der Waals surface area (Å²) in [5.41, 5.74) is 5.48. The van der Waals surface area contributed by atoms with E-state index in [-0.39, 0.29) is 6.04 Å². The highest BCUT2D eigenvalue weighted by atomic mass is 16.5. The van der Waals surface area contributed by atoms with E-state index in [0.29, 0.717) is 0 Å². The Bertz CT molecular complexity index is 1090. The molecular weight excluding hydrogens is 350 g/mol. The lowest BCUT2D eigenvalue weighted by Gasteiger charge is -2.23. The Kier molecular flexibility index (Phi) is 4.89. The summed E-state index contributed by atoms with van der Waals surface area (Å²) in [4.78, 5) is 7.68. The van der Waals surface area contributed by atoms with Crippen LogP contribution in [0.5, 0.6) is 11.5 Å². The van der Waals surface area contributed by atoms with E-state index in [1.807, 2.05) is 48.8 Å². The number of aryl methyl sites for hydroxylation is 1. The molecule has 0 aliphatic heterocycles. The minimum absolute atomic E-state index is 0.0681. The molecule has 5 nitrogen and oxygen atoms in total. The fourth-order valence-electron chi connectivity index (χ4n) is 3.62. The van der Waals surface area contributed by atoms with Gasteiger partial charge in [-0.1, -0.05) is 18.2 Å². The van der Waals surface area contributed by atoms with Crippen LogP contribution in [0, 0.1) is 6.92 Å². The first-order valence-electron chi connectivity index (χ1n) is 9.17. The number of hydrogen-bond acceptors (Lipinski definition) is 4. The van der Waals surface area contributed by atoms with Crippen LogP contribution < -0.4 is 14.8 Å². The number of methoxy groups -OCH3 is 2. The number of pyridine rings is 1. The Morgan fingerprint density at radius 2 is 1.75 bits per heavy atom. The van der Waals surface area contributed by atoms with Gasteiger partial charge in [-0.25, -0.2) is 0 Å². The van der Waals surface area contributed by atoms with Crippen LogP contribution >= 0.6 is 0 Å². The Morgan fingerprint density at radius 1 is 0.964 bits per heavy atom. The van der Waals surface area contributed by atoms with Crippen molar-refractivity contribution in [2.24, 2.45) is 0 Å². The lowest BCUT2D eigenvalue weighted by Crippen LogP contribution is -2.14. The van der Waals surface area contributed by atoms with Gasteiger partial charge < -0.3 is 19.8 Å². The number of ether oxygens (including phenoxy) is 2. The topological polar surface area (TPSA) is 59.2 Å². The van der Waals surface area contributed by atoms with E-state index < -0.39 is 0 Å². The number of fused-ring (bicyclic) bond motifs is 1. The maximum atomic E-state index is 5.60. The summed E-state index contributed by atoms with van der Waals surface area (Å²) < 4.78 is 10.9. The first-order valence-corrected chi connectivity index (χ1v) is 9.17. The van der Waals surface area contributed by atoms with E-state index in [9.17, 15) is 0 Å². The van der Waals surface area contributed by atoms with E-state index in [1.165, 1.54) is 10.9 Å². The average molecular weight is 373 g/mol.